The van der Waals surface area contributed by atoms with E-state index in [4.69, 9.17) is 11.6 Å². The highest BCUT2D eigenvalue weighted by Gasteiger charge is 2.18. The van der Waals surface area contributed by atoms with Gasteiger partial charge >= 0.3 is 0 Å². The fourth-order valence-corrected chi connectivity index (χ4v) is 3.98. The third-order valence-electron chi connectivity index (χ3n) is 3.10. The van der Waals surface area contributed by atoms with Crippen LogP contribution in [-0.2, 0) is 10.8 Å². The predicted octanol–water partition coefficient (Wildman–Crippen LogP) is 3.92. The fraction of sp³-hybridized carbons (Fsp3) is 0.0625. The molecular formula is C16H12ClN3O2S2. The number of amides is 1. The van der Waals surface area contributed by atoms with Crippen molar-refractivity contribution in [3.8, 4) is 0 Å². The Morgan fingerprint density at radius 3 is 2.42 bits per heavy atom. The number of nitrogens with one attached hydrogen (secondary N) is 1. The number of nitrogens with zero attached hydrogens (tertiary/aromatic N) is 2. The molecule has 0 fully saturated rings. The van der Waals surface area contributed by atoms with Gasteiger partial charge in [0.1, 0.15) is 10.8 Å². The van der Waals surface area contributed by atoms with Gasteiger partial charge in [0.05, 0.1) is 0 Å². The van der Waals surface area contributed by atoms with Crippen molar-refractivity contribution in [2.45, 2.75) is 16.2 Å². The zero-order valence-corrected chi connectivity index (χ0v) is 14.9. The summed E-state index contributed by atoms with van der Waals surface area (Å²) in [6, 6.07) is 14.0. The van der Waals surface area contributed by atoms with Gasteiger partial charge in [-0.2, -0.15) is 0 Å². The van der Waals surface area contributed by atoms with E-state index in [-0.39, 0.29) is 15.3 Å². The second kappa shape index (κ2) is 7.21. The molecule has 3 aromatic rings. The van der Waals surface area contributed by atoms with E-state index in [0.29, 0.717) is 15.6 Å². The number of rotatable bonds is 4. The third kappa shape index (κ3) is 3.87. The zero-order valence-electron chi connectivity index (χ0n) is 12.5. The molecule has 0 bridgehead atoms. The van der Waals surface area contributed by atoms with Gasteiger partial charge in [0, 0.05) is 15.6 Å². The van der Waals surface area contributed by atoms with Crippen LogP contribution in [-0.4, -0.2) is 20.3 Å². The quantitative estimate of drug-likeness (QED) is 0.748. The van der Waals surface area contributed by atoms with Crippen LogP contribution in [0.5, 0.6) is 0 Å². The molecule has 122 valence electrons. The molecule has 0 aliphatic heterocycles. The van der Waals surface area contributed by atoms with Gasteiger partial charge in [-0.05, 0) is 43.3 Å². The molecule has 0 aliphatic carbocycles. The van der Waals surface area contributed by atoms with Gasteiger partial charge in [0.2, 0.25) is 9.35 Å². The molecule has 1 unspecified atom stereocenters. The van der Waals surface area contributed by atoms with E-state index in [2.05, 4.69) is 15.5 Å². The van der Waals surface area contributed by atoms with Crippen LogP contribution in [0, 0.1) is 6.92 Å². The monoisotopic (exact) mass is 377 g/mol. The number of aromatic nitrogens is 2. The number of aryl methyl sites for hydroxylation is 1. The number of hydrogen-bond acceptors (Lipinski definition) is 5. The van der Waals surface area contributed by atoms with E-state index >= 15 is 0 Å². The first-order valence-corrected chi connectivity index (χ1v) is 9.26. The van der Waals surface area contributed by atoms with Crippen molar-refractivity contribution in [1.82, 2.24) is 10.2 Å². The van der Waals surface area contributed by atoms with Crippen LogP contribution in [0.4, 0.5) is 5.69 Å². The summed E-state index contributed by atoms with van der Waals surface area (Å²) < 4.78 is 12.7. The molecule has 1 atom stereocenters. The van der Waals surface area contributed by atoms with Crippen molar-refractivity contribution in [2.24, 2.45) is 0 Å². The number of benzene rings is 2. The lowest BCUT2D eigenvalue weighted by atomic mass is 10.2. The van der Waals surface area contributed by atoms with E-state index in [1.54, 1.807) is 36.4 Å². The van der Waals surface area contributed by atoms with Crippen LogP contribution < -0.4 is 5.32 Å². The average molecular weight is 378 g/mol. The third-order valence-corrected chi connectivity index (χ3v) is 5.87. The number of anilines is 1. The molecule has 8 heteroatoms. The largest absolute Gasteiger partial charge is 0.320 e. The van der Waals surface area contributed by atoms with Crippen molar-refractivity contribution >= 4 is 45.3 Å². The number of carbonyl (C=O) groups excluding carboxylic acids is 1. The zero-order chi connectivity index (χ0) is 17.1. The van der Waals surface area contributed by atoms with Crippen LogP contribution in [0.1, 0.15) is 15.4 Å². The Morgan fingerprint density at radius 1 is 1.08 bits per heavy atom. The van der Waals surface area contributed by atoms with E-state index in [1.807, 2.05) is 19.1 Å². The van der Waals surface area contributed by atoms with Gasteiger partial charge in [-0.1, -0.05) is 40.6 Å². The summed E-state index contributed by atoms with van der Waals surface area (Å²) in [6.45, 7) is 1.97. The van der Waals surface area contributed by atoms with E-state index in [1.165, 1.54) is 0 Å². The minimum Gasteiger partial charge on any atom is -0.320 e. The van der Waals surface area contributed by atoms with Crippen LogP contribution in [0.25, 0.3) is 0 Å². The maximum absolute atomic E-state index is 12.4. The lowest BCUT2D eigenvalue weighted by Crippen LogP contribution is -2.11. The first-order valence-electron chi connectivity index (χ1n) is 6.92. The van der Waals surface area contributed by atoms with Crippen molar-refractivity contribution in [1.29, 1.82) is 0 Å². The first kappa shape index (κ1) is 16.8. The van der Waals surface area contributed by atoms with Crippen LogP contribution in [0.3, 0.4) is 0 Å². The minimum atomic E-state index is -1.49. The Hall–Kier alpha value is -2.09. The lowest BCUT2D eigenvalue weighted by Gasteiger charge is -2.02. The summed E-state index contributed by atoms with van der Waals surface area (Å²) in [5.41, 5.74) is 1.77. The summed E-state index contributed by atoms with van der Waals surface area (Å²) in [6.07, 6.45) is 0. The predicted molar refractivity (Wildman–Crippen MR) is 95.2 cm³/mol. The Balaban J connectivity index is 1.74. The van der Waals surface area contributed by atoms with Gasteiger partial charge < -0.3 is 5.32 Å². The molecule has 0 radical (unpaired) electrons. The second-order valence-corrected chi connectivity index (χ2v) is 7.98. The highest BCUT2D eigenvalue weighted by atomic mass is 35.5. The normalized spacial score (nSPS) is 11.9. The molecule has 1 N–H and O–H groups in total. The Morgan fingerprint density at radius 2 is 1.75 bits per heavy atom. The summed E-state index contributed by atoms with van der Waals surface area (Å²) in [5, 5.41) is 11.2. The van der Waals surface area contributed by atoms with E-state index < -0.39 is 10.8 Å². The van der Waals surface area contributed by atoms with Gasteiger partial charge in [-0.25, -0.2) is 4.21 Å². The van der Waals surface area contributed by atoms with Crippen molar-refractivity contribution in [3.63, 3.8) is 0 Å². The van der Waals surface area contributed by atoms with Crippen LogP contribution in [0.15, 0.2) is 57.8 Å². The summed E-state index contributed by atoms with van der Waals surface area (Å²) >= 11 is 6.82. The molecule has 0 spiro atoms. The van der Waals surface area contributed by atoms with Crippen molar-refractivity contribution in [2.75, 3.05) is 5.32 Å². The van der Waals surface area contributed by atoms with Crippen molar-refractivity contribution in [3.05, 3.63) is 64.1 Å². The lowest BCUT2D eigenvalue weighted by molar-refractivity contribution is 0.102. The fourth-order valence-electron chi connectivity index (χ4n) is 1.86. The van der Waals surface area contributed by atoms with Crippen LogP contribution in [0.2, 0.25) is 5.02 Å². The van der Waals surface area contributed by atoms with Crippen molar-refractivity contribution < 1.29 is 9.00 Å². The Kier molecular flexibility index (Phi) is 5.03. The molecule has 0 saturated carbocycles. The molecule has 0 saturated heterocycles. The summed E-state index contributed by atoms with van der Waals surface area (Å²) in [4.78, 5) is 12.8. The van der Waals surface area contributed by atoms with E-state index in [9.17, 15) is 9.00 Å². The number of hydrogen-bond donors (Lipinski definition) is 1. The van der Waals surface area contributed by atoms with Gasteiger partial charge in [-0.3, -0.25) is 4.79 Å². The maximum atomic E-state index is 12.4. The molecule has 3 rings (SSSR count). The molecule has 1 aromatic heterocycles. The summed E-state index contributed by atoms with van der Waals surface area (Å²) in [5.74, 6) is -0.379. The minimum absolute atomic E-state index is 0.160. The molecule has 24 heavy (non-hydrogen) atoms. The molecule has 0 aliphatic rings. The summed E-state index contributed by atoms with van der Waals surface area (Å²) in [7, 11) is -1.49. The SMILES string of the molecule is Cc1ccc(NC(=O)c2nnc(S(=O)c3ccc(Cl)cc3)s2)cc1. The number of carbonyl (C=O) groups is 1. The molecular weight excluding hydrogens is 366 g/mol. The van der Waals surface area contributed by atoms with Gasteiger partial charge in [0.25, 0.3) is 5.91 Å². The smallest absolute Gasteiger partial charge is 0.286 e. The molecule has 2 aromatic carbocycles. The highest BCUT2D eigenvalue weighted by molar-refractivity contribution is 7.87. The van der Waals surface area contributed by atoms with Crippen LogP contribution >= 0.6 is 22.9 Å². The molecule has 1 heterocycles. The molecule has 1 amide bonds. The first-order chi connectivity index (χ1) is 11.5. The highest BCUT2D eigenvalue weighted by Crippen LogP contribution is 2.22. The average Bonchev–Trinajstić information content (AvgIpc) is 3.07. The Bertz CT molecular complexity index is 892. The maximum Gasteiger partial charge on any atom is 0.286 e. The van der Waals surface area contributed by atoms with Gasteiger partial charge in [0.15, 0.2) is 0 Å². The van der Waals surface area contributed by atoms with E-state index in [0.717, 1.165) is 16.9 Å². The second-order valence-electron chi connectivity index (χ2n) is 4.92. The standard InChI is InChI=1S/C16H12ClN3O2S2/c1-10-2-6-12(7-3-10)18-14(21)15-19-20-16(23-15)24(22)13-8-4-11(17)5-9-13/h2-9H,1H3,(H,18,21). The topological polar surface area (TPSA) is 72.0 Å². The van der Waals surface area contributed by atoms with Gasteiger partial charge in [-0.15, -0.1) is 10.2 Å². The number of halogens is 1. The Labute approximate surface area is 150 Å². The molecule has 5 nitrogen and oxygen atoms in total.